The summed E-state index contributed by atoms with van der Waals surface area (Å²) < 4.78 is 26.9. The van der Waals surface area contributed by atoms with Gasteiger partial charge in [-0.15, -0.1) is 11.3 Å². The van der Waals surface area contributed by atoms with E-state index in [2.05, 4.69) is 0 Å². The SMILES string of the molecule is CCN(c1ccccc1N)S(=O)(=O)c1ccc(C)s1. The molecule has 0 amide bonds. The second-order valence-corrected chi connectivity index (χ2v) is 7.47. The predicted octanol–water partition coefficient (Wildman–Crippen LogP) is 2.85. The fraction of sp³-hybridized carbons (Fsp3) is 0.231. The van der Waals surface area contributed by atoms with E-state index < -0.39 is 10.0 Å². The number of thiophene rings is 1. The highest BCUT2D eigenvalue weighted by molar-refractivity contribution is 7.94. The lowest BCUT2D eigenvalue weighted by Gasteiger charge is -2.23. The topological polar surface area (TPSA) is 63.4 Å². The zero-order valence-electron chi connectivity index (χ0n) is 10.8. The molecule has 0 atom stereocenters. The van der Waals surface area contributed by atoms with Gasteiger partial charge in [-0.1, -0.05) is 12.1 Å². The first-order chi connectivity index (χ1) is 8.96. The van der Waals surface area contributed by atoms with Crippen LogP contribution in [0.3, 0.4) is 0 Å². The largest absolute Gasteiger partial charge is 0.397 e. The van der Waals surface area contributed by atoms with Crippen LogP contribution in [0, 0.1) is 6.92 Å². The van der Waals surface area contributed by atoms with Crippen molar-refractivity contribution in [1.29, 1.82) is 0 Å². The quantitative estimate of drug-likeness (QED) is 0.882. The first-order valence-electron chi connectivity index (χ1n) is 5.90. The third kappa shape index (κ3) is 2.59. The van der Waals surface area contributed by atoms with Crippen molar-refractivity contribution in [2.75, 3.05) is 16.6 Å². The number of hydrogen-bond acceptors (Lipinski definition) is 4. The number of benzene rings is 1. The number of sulfonamides is 1. The Kier molecular flexibility index (Phi) is 3.82. The summed E-state index contributed by atoms with van der Waals surface area (Å²) in [5.41, 5.74) is 6.86. The molecule has 4 nitrogen and oxygen atoms in total. The van der Waals surface area contributed by atoms with Crippen molar-refractivity contribution in [2.24, 2.45) is 0 Å². The molecule has 0 aliphatic heterocycles. The molecule has 2 N–H and O–H groups in total. The van der Waals surface area contributed by atoms with Crippen molar-refractivity contribution in [1.82, 2.24) is 0 Å². The Labute approximate surface area is 117 Å². The number of hydrogen-bond donors (Lipinski definition) is 1. The Morgan fingerprint density at radius 1 is 1.21 bits per heavy atom. The van der Waals surface area contributed by atoms with Gasteiger partial charge >= 0.3 is 0 Å². The lowest BCUT2D eigenvalue weighted by Crippen LogP contribution is -2.30. The number of nitrogens with two attached hydrogens (primary N) is 1. The van der Waals surface area contributed by atoms with Gasteiger partial charge in [-0.3, -0.25) is 4.31 Å². The van der Waals surface area contributed by atoms with Crippen LogP contribution in [-0.4, -0.2) is 15.0 Å². The van der Waals surface area contributed by atoms with Crippen molar-refractivity contribution >= 4 is 32.7 Å². The van der Waals surface area contributed by atoms with Gasteiger partial charge in [0.2, 0.25) is 0 Å². The molecular weight excluding hydrogens is 280 g/mol. The lowest BCUT2D eigenvalue weighted by molar-refractivity contribution is 0.594. The Morgan fingerprint density at radius 3 is 2.42 bits per heavy atom. The van der Waals surface area contributed by atoms with Crippen LogP contribution in [-0.2, 0) is 10.0 Å². The summed E-state index contributed by atoms with van der Waals surface area (Å²) in [6, 6.07) is 10.4. The smallest absolute Gasteiger partial charge is 0.273 e. The maximum absolute atomic E-state index is 12.6. The van der Waals surface area contributed by atoms with Crippen LogP contribution in [0.4, 0.5) is 11.4 Å². The average molecular weight is 296 g/mol. The summed E-state index contributed by atoms with van der Waals surface area (Å²) in [6.45, 7) is 4.02. The molecule has 1 aromatic heterocycles. The highest BCUT2D eigenvalue weighted by atomic mass is 32.2. The summed E-state index contributed by atoms with van der Waals surface area (Å²) >= 11 is 1.27. The zero-order chi connectivity index (χ0) is 14.0. The van der Waals surface area contributed by atoms with Crippen molar-refractivity contribution in [2.45, 2.75) is 18.1 Å². The normalized spacial score (nSPS) is 11.5. The molecule has 2 aromatic rings. The van der Waals surface area contributed by atoms with Gasteiger partial charge in [0.25, 0.3) is 10.0 Å². The summed E-state index contributed by atoms with van der Waals surface area (Å²) in [5.74, 6) is 0. The average Bonchev–Trinajstić information content (AvgIpc) is 2.80. The van der Waals surface area contributed by atoms with Gasteiger partial charge in [0, 0.05) is 11.4 Å². The van der Waals surface area contributed by atoms with E-state index in [0.717, 1.165) is 4.88 Å². The molecule has 0 aliphatic carbocycles. The van der Waals surface area contributed by atoms with E-state index >= 15 is 0 Å². The zero-order valence-corrected chi connectivity index (χ0v) is 12.5. The molecule has 1 aromatic carbocycles. The molecule has 19 heavy (non-hydrogen) atoms. The second kappa shape index (κ2) is 5.22. The van der Waals surface area contributed by atoms with E-state index in [1.807, 2.05) is 6.92 Å². The highest BCUT2D eigenvalue weighted by Gasteiger charge is 2.26. The number of anilines is 2. The monoisotopic (exact) mass is 296 g/mol. The van der Waals surface area contributed by atoms with Crippen LogP contribution in [0.25, 0.3) is 0 Å². The fourth-order valence-electron chi connectivity index (χ4n) is 1.84. The van der Waals surface area contributed by atoms with E-state index in [-0.39, 0.29) is 0 Å². The molecule has 102 valence electrons. The molecular formula is C13H16N2O2S2. The van der Waals surface area contributed by atoms with Crippen molar-refractivity contribution in [3.8, 4) is 0 Å². The second-order valence-electron chi connectivity index (χ2n) is 4.09. The van der Waals surface area contributed by atoms with Gasteiger partial charge < -0.3 is 5.73 Å². The summed E-state index contributed by atoms with van der Waals surface area (Å²) in [5, 5.41) is 0. The first-order valence-corrected chi connectivity index (χ1v) is 8.16. The van der Waals surface area contributed by atoms with Crippen molar-refractivity contribution in [3.63, 3.8) is 0 Å². The molecule has 0 saturated carbocycles. The number of rotatable bonds is 4. The third-order valence-electron chi connectivity index (χ3n) is 2.75. The van der Waals surface area contributed by atoms with E-state index in [1.54, 1.807) is 43.3 Å². The van der Waals surface area contributed by atoms with Crippen LogP contribution in [0.15, 0.2) is 40.6 Å². The van der Waals surface area contributed by atoms with E-state index in [1.165, 1.54) is 15.6 Å². The Bertz CT molecular complexity index is 677. The van der Waals surface area contributed by atoms with Gasteiger partial charge in [0.1, 0.15) is 4.21 Å². The summed E-state index contributed by atoms with van der Waals surface area (Å²) in [7, 11) is -3.53. The first kappa shape index (κ1) is 13.9. The minimum atomic E-state index is -3.53. The molecule has 6 heteroatoms. The van der Waals surface area contributed by atoms with Crippen LogP contribution in [0.5, 0.6) is 0 Å². The molecule has 0 aliphatic rings. The van der Waals surface area contributed by atoms with E-state index in [4.69, 9.17) is 5.73 Å². The number of nitrogens with zero attached hydrogens (tertiary/aromatic N) is 1. The summed E-state index contributed by atoms with van der Waals surface area (Å²) in [6.07, 6.45) is 0. The summed E-state index contributed by atoms with van der Waals surface area (Å²) in [4.78, 5) is 0.968. The molecule has 0 radical (unpaired) electrons. The van der Waals surface area contributed by atoms with Gasteiger partial charge in [-0.2, -0.15) is 0 Å². The lowest BCUT2D eigenvalue weighted by atomic mass is 10.3. The Morgan fingerprint density at radius 2 is 1.89 bits per heavy atom. The van der Waals surface area contributed by atoms with Gasteiger partial charge in [-0.05, 0) is 38.1 Å². The third-order valence-corrected chi connectivity index (χ3v) is 6.11. The molecule has 1 heterocycles. The van der Waals surface area contributed by atoms with Gasteiger partial charge in [0.15, 0.2) is 0 Å². The van der Waals surface area contributed by atoms with Crippen LogP contribution >= 0.6 is 11.3 Å². The van der Waals surface area contributed by atoms with Crippen LogP contribution in [0.1, 0.15) is 11.8 Å². The molecule has 2 rings (SSSR count). The fourth-order valence-corrected chi connectivity index (χ4v) is 4.74. The van der Waals surface area contributed by atoms with E-state index in [0.29, 0.717) is 22.1 Å². The number of para-hydroxylation sites is 2. The van der Waals surface area contributed by atoms with Crippen molar-refractivity contribution in [3.05, 3.63) is 41.3 Å². The molecule has 0 saturated heterocycles. The standard InChI is InChI=1S/C13H16N2O2S2/c1-3-15(12-7-5-4-6-11(12)14)19(16,17)13-9-8-10(2)18-13/h4-9H,3,14H2,1-2H3. The van der Waals surface area contributed by atoms with Crippen LogP contribution < -0.4 is 10.0 Å². The molecule has 0 spiro atoms. The van der Waals surface area contributed by atoms with E-state index in [9.17, 15) is 8.42 Å². The van der Waals surface area contributed by atoms with Crippen molar-refractivity contribution < 1.29 is 8.42 Å². The predicted molar refractivity (Wildman–Crippen MR) is 80.1 cm³/mol. The number of nitrogen functional groups attached to an aromatic ring is 1. The highest BCUT2D eigenvalue weighted by Crippen LogP contribution is 2.31. The molecule has 0 bridgehead atoms. The van der Waals surface area contributed by atoms with Crippen LogP contribution in [0.2, 0.25) is 0 Å². The Hall–Kier alpha value is -1.53. The maximum Gasteiger partial charge on any atom is 0.273 e. The molecule has 0 unspecified atom stereocenters. The molecule has 0 fully saturated rings. The minimum Gasteiger partial charge on any atom is -0.397 e. The Balaban J connectivity index is 2.51. The van der Waals surface area contributed by atoms with Gasteiger partial charge in [0.05, 0.1) is 11.4 Å². The van der Waals surface area contributed by atoms with Gasteiger partial charge in [-0.25, -0.2) is 8.42 Å². The number of aryl methyl sites for hydroxylation is 1. The maximum atomic E-state index is 12.6. The minimum absolute atomic E-state index is 0.341.